The highest BCUT2D eigenvalue weighted by molar-refractivity contribution is 7.85. The Morgan fingerprint density at radius 2 is 0.960 bits per heavy atom. The van der Waals surface area contributed by atoms with Crippen LogP contribution in [0.2, 0.25) is 20.2 Å². The van der Waals surface area contributed by atoms with E-state index in [4.69, 9.17) is 31.4 Å². The summed E-state index contributed by atoms with van der Waals surface area (Å²) in [4.78, 5) is 24.0. The van der Waals surface area contributed by atoms with Crippen LogP contribution in [0, 0.1) is 0 Å². The van der Waals surface area contributed by atoms with Gasteiger partial charge in [0.15, 0.2) is 0 Å². The number of rotatable bonds is 12. The predicted molar refractivity (Wildman–Crippen MR) is 199 cm³/mol. The lowest BCUT2D eigenvalue weighted by molar-refractivity contribution is -0.148. The summed E-state index contributed by atoms with van der Waals surface area (Å²) in [5, 5.41) is 8.57. The molecule has 2 saturated heterocycles. The van der Waals surface area contributed by atoms with Gasteiger partial charge in [-0.15, -0.1) is 0 Å². The molecule has 0 aromatic heterocycles. The number of esters is 2. The van der Waals surface area contributed by atoms with Gasteiger partial charge in [0.25, 0.3) is 10.1 Å². The summed E-state index contributed by atoms with van der Waals surface area (Å²) in [5.41, 5.74) is 0. The molecular formula is C35H70O12SSi2. The minimum absolute atomic E-state index is 0.0500. The highest BCUT2D eigenvalue weighted by Crippen LogP contribution is 2.56. The van der Waals surface area contributed by atoms with Crippen LogP contribution in [0.5, 0.6) is 0 Å². The van der Waals surface area contributed by atoms with Crippen molar-refractivity contribution in [2.45, 2.75) is 180 Å². The zero-order valence-electron chi connectivity index (χ0n) is 33.7. The number of carbonyl (C=O) groups excluding carboxylic acids is 2. The lowest BCUT2D eigenvalue weighted by Gasteiger charge is -2.55. The maximum Gasteiger partial charge on any atom is 0.349 e. The van der Waals surface area contributed by atoms with Crippen molar-refractivity contribution in [2.24, 2.45) is 0 Å². The van der Waals surface area contributed by atoms with Crippen molar-refractivity contribution in [3.63, 3.8) is 0 Å². The monoisotopic (exact) mass is 770 g/mol. The smallest absolute Gasteiger partial charge is 0.349 e. The Morgan fingerprint density at radius 1 is 0.640 bits per heavy atom. The highest BCUT2D eigenvalue weighted by atomic mass is 32.2. The van der Waals surface area contributed by atoms with Crippen LogP contribution in [0.25, 0.3) is 0 Å². The van der Waals surface area contributed by atoms with E-state index in [9.17, 15) is 23.1 Å². The molecule has 2 heterocycles. The van der Waals surface area contributed by atoms with Crippen molar-refractivity contribution in [2.75, 3.05) is 32.7 Å². The summed E-state index contributed by atoms with van der Waals surface area (Å²) in [6.07, 6.45) is 2.76. The van der Waals surface area contributed by atoms with Crippen LogP contribution in [-0.2, 0) is 51.1 Å². The second kappa shape index (κ2) is 18.4. The molecule has 50 heavy (non-hydrogen) atoms. The van der Waals surface area contributed by atoms with Crippen molar-refractivity contribution >= 4 is 39.2 Å². The third-order valence-corrected chi connectivity index (χ3v) is 20.1. The van der Waals surface area contributed by atoms with Gasteiger partial charge in [-0.25, -0.2) is 0 Å². The highest BCUT2D eigenvalue weighted by Gasteiger charge is 2.63. The summed E-state index contributed by atoms with van der Waals surface area (Å²) in [5.74, 6) is -0.519. The number of carbonyl (C=O) groups is 2. The zero-order chi connectivity index (χ0) is 39.0. The van der Waals surface area contributed by atoms with Crippen molar-refractivity contribution in [3.05, 3.63) is 0 Å². The van der Waals surface area contributed by atoms with Crippen molar-refractivity contribution < 1.29 is 54.5 Å². The molecule has 0 spiro atoms. The van der Waals surface area contributed by atoms with Gasteiger partial charge in [-0.3, -0.25) is 13.8 Å². The van der Waals surface area contributed by atoms with Crippen molar-refractivity contribution in [3.8, 4) is 0 Å². The molecule has 2 fully saturated rings. The zero-order valence-corrected chi connectivity index (χ0v) is 36.5. The maximum atomic E-state index is 12.0. The SMILES string of the molecule is CCOC(=O)C[C@@H]1C[C@H](CCO)O[Si](C(C)(C)C)(C(C)(C)C)O1.CCOC(=O)C[C@@H]1C[C@H](CCOS(C)(=O)=O)O[Si](C(C)(C)C)(C(C)(C)C)O1. The summed E-state index contributed by atoms with van der Waals surface area (Å²) in [7, 11) is -8.97. The van der Waals surface area contributed by atoms with Gasteiger partial charge in [0, 0.05) is 26.8 Å². The Kier molecular flexibility index (Phi) is 17.3. The minimum Gasteiger partial charge on any atom is -0.466 e. The summed E-state index contributed by atoms with van der Waals surface area (Å²) in [6, 6.07) is 0. The lowest BCUT2D eigenvalue weighted by Crippen LogP contribution is -2.63. The molecule has 2 rings (SSSR count). The molecule has 2 aliphatic heterocycles. The molecule has 0 aromatic rings. The predicted octanol–water partition coefficient (Wildman–Crippen LogP) is 7.06. The minimum atomic E-state index is -3.50. The summed E-state index contributed by atoms with van der Waals surface area (Å²) in [6.45, 7) is 29.9. The lowest BCUT2D eigenvalue weighted by atomic mass is 10.1. The van der Waals surface area contributed by atoms with E-state index in [2.05, 4.69) is 83.1 Å². The topological polar surface area (TPSA) is 153 Å². The molecule has 0 amide bonds. The Hall–Kier alpha value is -0.916. The van der Waals surface area contributed by atoms with Gasteiger partial charge >= 0.3 is 29.1 Å². The number of hydrogen-bond donors (Lipinski definition) is 1. The van der Waals surface area contributed by atoms with Gasteiger partial charge in [-0.2, -0.15) is 8.42 Å². The fourth-order valence-corrected chi connectivity index (χ4v) is 17.8. The first-order valence-electron chi connectivity index (χ1n) is 18.1. The molecule has 1 N–H and O–H groups in total. The first-order valence-corrected chi connectivity index (χ1v) is 23.5. The fraction of sp³-hybridized carbons (Fsp3) is 0.943. The number of aliphatic hydroxyl groups excluding tert-OH is 1. The molecule has 15 heteroatoms. The maximum absolute atomic E-state index is 12.0. The van der Waals surface area contributed by atoms with E-state index < -0.39 is 27.2 Å². The van der Waals surface area contributed by atoms with Gasteiger partial charge < -0.3 is 32.3 Å². The van der Waals surface area contributed by atoms with Crippen molar-refractivity contribution in [1.82, 2.24) is 0 Å². The van der Waals surface area contributed by atoms with E-state index in [0.29, 0.717) is 38.9 Å². The number of hydrogen-bond acceptors (Lipinski definition) is 12. The van der Waals surface area contributed by atoms with E-state index in [1.54, 1.807) is 13.8 Å². The third kappa shape index (κ3) is 13.2. The molecule has 0 bridgehead atoms. The van der Waals surface area contributed by atoms with E-state index in [1.165, 1.54) is 0 Å². The average Bonchev–Trinajstić information content (AvgIpc) is 2.90. The standard InChI is InChI=1S/C18H36O7SSi.C17H34O5Si/c1-9-22-16(19)13-15-12-14(10-11-23-26(8,20)21)24-27(25-15,17(2,3)4)18(5,6)7;1-8-20-15(19)12-14-11-13(9-10-18)21-23(22-14,16(2,3)4)17(5,6)7/h14-15H,9-13H2,1-8H3;13-14,18H,8-12H2,1-7H3/t14-,15-;13-,14-/m00/s1. The number of ether oxygens (including phenoxy) is 2. The van der Waals surface area contributed by atoms with Gasteiger partial charge in [0.05, 0.1) is 63.3 Å². The van der Waals surface area contributed by atoms with Gasteiger partial charge in [0.1, 0.15) is 0 Å². The Bertz CT molecular complexity index is 1150. The van der Waals surface area contributed by atoms with E-state index in [-0.39, 0.29) is 82.6 Å². The normalized spacial score (nSPS) is 24.5. The first-order chi connectivity index (χ1) is 22.6. The average molecular weight is 771 g/mol. The summed E-state index contributed by atoms with van der Waals surface area (Å²) < 4.78 is 63.8. The van der Waals surface area contributed by atoms with E-state index in [0.717, 1.165) is 6.26 Å². The van der Waals surface area contributed by atoms with Crippen LogP contribution in [-0.4, -0.2) is 99.7 Å². The first kappa shape index (κ1) is 47.1. The molecule has 0 aromatic carbocycles. The molecule has 296 valence electrons. The van der Waals surface area contributed by atoms with Crippen LogP contribution in [0.3, 0.4) is 0 Å². The largest absolute Gasteiger partial charge is 0.466 e. The molecule has 0 saturated carbocycles. The van der Waals surface area contributed by atoms with Crippen LogP contribution in [0.1, 0.15) is 135 Å². The quantitative estimate of drug-likeness (QED) is 0.123. The molecule has 4 atom stereocenters. The molecule has 0 radical (unpaired) electrons. The van der Waals surface area contributed by atoms with Crippen LogP contribution >= 0.6 is 0 Å². The second-order valence-electron chi connectivity index (χ2n) is 17.5. The molecule has 2 aliphatic rings. The third-order valence-electron chi connectivity index (χ3n) is 8.92. The fourth-order valence-electron chi connectivity index (χ4n) is 7.33. The second-order valence-corrected chi connectivity index (χ2v) is 28.6. The van der Waals surface area contributed by atoms with Crippen molar-refractivity contribution in [1.29, 1.82) is 0 Å². The van der Waals surface area contributed by atoms with E-state index >= 15 is 0 Å². The van der Waals surface area contributed by atoms with Crippen LogP contribution < -0.4 is 0 Å². The Labute approximate surface area is 305 Å². The van der Waals surface area contributed by atoms with Gasteiger partial charge in [-0.1, -0.05) is 83.1 Å². The van der Waals surface area contributed by atoms with Crippen LogP contribution in [0.15, 0.2) is 0 Å². The Balaban J connectivity index is 0.000000506. The van der Waals surface area contributed by atoms with Gasteiger partial charge in [-0.05, 0) is 39.5 Å². The van der Waals surface area contributed by atoms with E-state index in [1.807, 2.05) is 0 Å². The number of aliphatic hydroxyl groups is 1. The summed E-state index contributed by atoms with van der Waals surface area (Å²) >= 11 is 0. The van der Waals surface area contributed by atoms with Crippen LogP contribution in [0.4, 0.5) is 0 Å². The van der Waals surface area contributed by atoms with Gasteiger partial charge in [0.2, 0.25) is 0 Å². The molecule has 0 unspecified atom stereocenters. The molecule has 12 nitrogen and oxygen atoms in total. The molecular weight excluding hydrogens is 701 g/mol. The Morgan fingerprint density at radius 3 is 1.24 bits per heavy atom. The molecule has 0 aliphatic carbocycles.